The number of hydrogen-bond acceptors (Lipinski definition) is 4. The lowest BCUT2D eigenvalue weighted by Gasteiger charge is -2.17. The van der Waals surface area contributed by atoms with Crippen LogP contribution in [0, 0.1) is 0 Å². The number of rotatable bonds is 5. The first-order valence-electron chi connectivity index (χ1n) is 6.35. The van der Waals surface area contributed by atoms with Crippen molar-refractivity contribution in [1.82, 2.24) is 9.55 Å². The maximum absolute atomic E-state index is 11.5. The molecule has 0 aliphatic heterocycles. The van der Waals surface area contributed by atoms with Gasteiger partial charge in [0.15, 0.2) is 23.4 Å². The number of ether oxygens (including phenoxy) is 2. The van der Waals surface area contributed by atoms with E-state index in [2.05, 4.69) is 4.98 Å². The molecule has 0 aliphatic carbocycles. The van der Waals surface area contributed by atoms with Gasteiger partial charge in [0, 0.05) is 25.0 Å². The third-order valence-electron chi connectivity index (χ3n) is 3.10. The van der Waals surface area contributed by atoms with E-state index in [4.69, 9.17) is 9.47 Å². The quantitative estimate of drug-likeness (QED) is 0.787. The molecule has 0 amide bonds. The summed E-state index contributed by atoms with van der Waals surface area (Å²) in [6.45, 7) is 3.43. The molecule has 2 rings (SSSR count). The van der Waals surface area contributed by atoms with Gasteiger partial charge in [-0.2, -0.15) is 0 Å². The molecule has 106 valence electrons. The fourth-order valence-electron chi connectivity index (χ4n) is 2.00. The smallest absolute Gasteiger partial charge is 0.162 e. The summed E-state index contributed by atoms with van der Waals surface area (Å²) < 4.78 is 13.1. The number of carbonyl (C=O) groups is 1. The van der Waals surface area contributed by atoms with Crippen molar-refractivity contribution < 1.29 is 14.3 Å². The molecule has 1 aromatic heterocycles. The lowest BCUT2D eigenvalue weighted by Crippen LogP contribution is -2.10. The Hall–Kier alpha value is -2.30. The molecule has 5 nitrogen and oxygen atoms in total. The fraction of sp³-hybridized carbons (Fsp3) is 0.333. The topological polar surface area (TPSA) is 53.4 Å². The predicted molar refractivity (Wildman–Crippen MR) is 75.2 cm³/mol. The highest BCUT2D eigenvalue weighted by molar-refractivity contribution is 5.94. The minimum absolute atomic E-state index is 0.0119. The molecular formula is C15H18N2O3. The van der Waals surface area contributed by atoms with Crippen LogP contribution in [0.5, 0.6) is 11.5 Å². The molecule has 5 heteroatoms. The molecule has 20 heavy (non-hydrogen) atoms. The maximum Gasteiger partial charge on any atom is 0.162 e. The highest BCUT2D eigenvalue weighted by Gasteiger charge is 2.16. The Labute approximate surface area is 118 Å². The van der Waals surface area contributed by atoms with E-state index in [1.807, 2.05) is 24.7 Å². The number of hydrogen-bond donors (Lipinski definition) is 0. The number of Topliss-reactive ketones (excluding diaryl/α,β-unsaturated/α-hetero) is 1. The number of aryl methyl sites for hydroxylation is 1. The number of imidazole rings is 1. The molecule has 0 saturated carbocycles. The van der Waals surface area contributed by atoms with Crippen LogP contribution in [0.25, 0.3) is 0 Å². The van der Waals surface area contributed by atoms with Crippen molar-refractivity contribution in [3.8, 4) is 11.5 Å². The maximum atomic E-state index is 11.5. The third kappa shape index (κ3) is 2.82. The summed E-state index contributed by atoms with van der Waals surface area (Å²) in [5.41, 5.74) is 0.591. The van der Waals surface area contributed by atoms with Gasteiger partial charge in [-0.25, -0.2) is 4.98 Å². The summed E-state index contributed by atoms with van der Waals surface area (Å²) in [7, 11) is 3.48. The second-order valence-corrected chi connectivity index (χ2v) is 4.58. The van der Waals surface area contributed by atoms with Gasteiger partial charge in [-0.15, -0.1) is 0 Å². The second kappa shape index (κ2) is 5.77. The largest absolute Gasteiger partial charge is 0.493 e. The lowest BCUT2D eigenvalue weighted by atomic mass is 10.1. The van der Waals surface area contributed by atoms with Crippen LogP contribution in [0.1, 0.15) is 36.1 Å². The van der Waals surface area contributed by atoms with Gasteiger partial charge in [-0.05, 0) is 32.0 Å². The molecule has 2 aromatic rings. The minimum Gasteiger partial charge on any atom is -0.493 e. The lowest BCUT2D eigenvalue weighted by molar-refractivity contribution is 0.101. The van der Waals surface area contributed by atoms with Crippen LogP contribution in [0.3, 0.4) is 0 Å². The Bertz CT molecular complexity index is 619. The van der Waals surface area contributed by atoms with Gasteiger partial charge >= 0.3 is 0 Å². The normalized spacial score (nSPS) is 12.0. The standard InChI is InChI=1S/C15H18N2O3/c1-10(18)12-5-6-13(19-4)14(9-12)20-11(2)15-16-7-8-17(15)3/h5-9,11H,1-4H3. The average molecular weight is 274 g/mol. The Kier molecular flexibility index (Phi) is 4.08. The molecule has 1 heterocycles. The van der Waals surface area contributed by atoms with Gasteiger partial charge in [0.2, 0.25) is 0 Å². The summed E-state index contributed by atoms with van der Waals surface area (Å²) in [6.07, 6.45) is 3.34. The second-order valence-electron chi connectivity index (χ2n) is 4.58. The zero-order valence-corrected chi connectivity index (χ0v) is 12.1. The summed E-state index contributed by atoms with van der Waals surface area (Å²) in [4.78, 5) is 15.7. The van der Waals surface area contributed by atoms with E-state index in [9.17, 15) is 4.79 Å². The van der Waals surface area contributed by atoms with Gasteiger partial charge in [-0.1, -0.05) is 0 Å². The summed E-state index contributed by atoms with van der Waals surface area (Å²) in [6, 6.07) is 5.15. The first-order valence-corrected chi connectivity index (χ1v) is 6.35. The van der Waals surface area contributed by atoms with Gasteiger partial charge in [0.05, 0.1) is 7.11 Å². The summed E-state index contributed by atoms with van der Waals surface area (Å²) in [5, 5.41) is 0. The SMILES string of the molecule is COc1ccc(C(C)=O)cc1OC(C)c1nccn1C. The third-order valence-corrected chi connectivity index (χ3v) is 3.10. The van der Waals surface area contributed by atoms with E-state index in [-0.39, 0.29) is 11.9 Å². The van der Waals surface area contributed by atoms with Gasteiger partial charge in [0.1, 0.15) is 5.82 Å². The van der Waals surface area contributed by atoms with Crippen LogP contribution in [0.15, 0.2) is 30.6 Å². The molecule has 0 aliphatic rings. The number of carbonyl (C=O) groups excluding carboxylic acids is 1. The monoisotopic (exact) mass is 274 g/mol. The van der Waals surface area contributed by atoms with Gasteiger partial charge < -0.3 is 14.0 Å². The fourth-order valence-corrected chi connectivity index (χ4v) is 2.00. The predicted octanol–water partition coefficient (Wildman–Crippen LogP) is 2.77. The Morgan fingerprint density at radius 1 is 1.35 bits per heavy atom. The highest BCUT2D eigenvalue weighted by Crippen LogP contribution is 2.31. The summed E-state index contributed by atoms with van der Waals surface area (Å²) >= 11 is 0. The zero-order valence-electron chi connectivity index (χ0n) is 12.1. The van der Waals surface area contributed by atoms with Crippen molar-refractivity contribution in [2.45, 2.75) is 20.0 Å². The molecule has 1 atom stereocenters. The molecule has 0 bridgehead atoms. The molecule has 0 spiro atoms. The number of ketones is 1. The summed E-state index contributed by atoms with van der Waals surface area (Å²) in [5.74, 6) is 1.93. The van der Waals surface area contributed by atoms with Crippen molar-refractivity contribution in [3.05, 3.63) is 42.0 Å². The molecule has 0 radical (unpaired) electrons. The van der Waals surface area contributed by atoms with Crippen LogP contribution in [0.4, 0.5) is 0 Å². The Balaban J connectivity index is 2.29. The first kappa shape index (κ1) is 14.1. The highest BCUT2D eigenvalue weighted by atomic mass is 16.5. The molecule has 0 N–H and O–H groups in total. The number of aromatic nitrogens is 2. The average Bonchev–Trinajstić information content (AvgIpc) is 2.84. The van der Waals surface area contributed by atoms with Crippen LogP contribution in [0.2, 0.25) is 0 Å². The van der Waals surface area contributed by atoms with E-state index < -0.39 is 0 Å². The number of nitrogens with zero attached hydrogens (tertiary/aromatic N) is 2. The van der Waals surface area contributed by atoms with Crippen molar-refractivity contribution >= 4 is 5.78 Å². The zero-order chi connectivity index (χ0) is 14.7. The van der Waals surface area contributed by atoms with Crippen molar-refractivity contribution in [3.63, 3.8) is 0 Å². The molecular weight excluding hydrogens is 256 g/mol. The molecule has 0 fully saturated rings. The van der Waals surface area contributed by atoms with Crippen LogP contribution in [-0.4, -0.2) is 22.4 Å². The first-order chi connectivity index (χ1) is 9.52. The Morgan fingerprint density at radius 2 is 2.10 bits per heavy atom. The Morgan fingerprint density at radius 3 is 2.65 bits per heavy atom. The molecule has 1 aromatic carbocycles. The van der Waals surface area contributed by atoms with Crippen LogP contribution < -0.4 is 9.47 Å². The van der Waals surface area contributed by atoms with E-state index >= 15 is 0 Å². The molecule has 1 unspecified atom stereocenters. The van der Waals surface area contributed by atoms with Crippen LogP contribution in [-0.2, 0) is 7.05 Å². The minimum atomic E-state index is -0.244. The number of methoxy groups -OCH3 is 1. The van der Waals surface area contributed by atoms with Crippen molar-refractivity contribution in [1.29, 1.82) is 0 Å². The van der Waals surface area contributed by atoms with Crippen molar-refractivity contribution in [2.24, 2.45) is 7.05 Å². The van der Waals surface area contributed by atoms with Gasteiger partial charge in [-0.3, -0.25) is 4.79 Å². The van der Waals surface area contributed by atoms with Crippen molar-refractivity contribution in [2.75, 3.05) is 7.11 Å². The van der Waals surface area contributed by atoms with E-state index in [1.54, 1.807) is 31.5 Å². The van der Waals surface area contributed by atoms with E-state index in [0.29, 0.717) is 17.1 Å². The van der Waals surface area contributed by atoms with E-state index in [0.717, 1.165) is 5.82 Å². The van der Waals surface area contributed by atoms with Crippen LogP contribution >= 0.6 is 0 Å². The van der Waals surface area contributed by atoms with Gasteiger partial charge in [0.25, 0.3) is 0 Å². The van der Waals surface area contributed by atoms with E-state index in [1.165, 1.54) is 6.92 Å². The molecule has 0 saturated heterocycles. The number of benzene rings is 1.